The first-order chi connectivity index (χ1) is 6.70. The van der Waals surface area contributed by atoms with Crippen LogP contribution in [-0.4, -0.2) is 20.3 Å². The van der Waals surface area contributed by atoms with E-state index in [1.165, 1.54) is 0 Å². The van der Waals surface area contributed by atoms with Gasteiger partial charge in [-0.15, -0.1) is 3.89 Å². The fourth-order valence-corrected chi connectivity index (χ4v) is 3.00. The largest absolute Gasteiger partial charge is 0.392 e. The monoisotopic (exact) mass is 248 g/mol. The van der Waals surface area contributed by atoms with Crippen LogP contribution in [0.3, 0.4) is 0 Å². The Morgan fingerprint density at radius 1 is 1.13 bits per heavy atom. The fourth-order valence-electron chi connectivity index (χ4n) is 2.09. The van der Waals surface area contributed by atoms with Crippen molar-refractivity contribution in [2.75, 3.05) is 5.75 Å². The predicted octanol–water partition coefficient (Wildman–Crippen LogP) is 2.65. The van der Waals surface area contributed by atoms with E-state index >= 15 is 0 Å². The van der Waals surface area contributed by atoms with Gasteiger partial charge in [0.15, 0.2) is 0 Å². The van der Waals surface area contributed by atoms with Crippen LogP contribution in [0.5, 0.6) is 0 Å². The molecule has 0 radical (unpaired) electrons. The van der Waals surface area contributed by atoms with Crippen molar-refractivity contribution in [1.82, 2.24) is 0 Å². The van der Waals surface area contributed by atoms with Gasteiger partial charge >= 0.3 is 16.4 Å². The van der Waals surface area contributed by atoms with Crippen molar-refractivity contribution >= 4 is 10.2 Å². The molecule has 2 nitrogen and oxygen atoms in total. The molecule has 1 fully saturated rings. The summed E-state index contributed by atoms with van der Waals surface area (Å²) < 4.78 is 70.4. The zero-order valence-corrected chi connectivity index (χ0v) is 8.74. The van der Waals surface area contributed by atoms with Gasteiger partial charge in [0.1, 0.15) is 0 Å². The van der Waals surface area contributed by atoms with Crippen LogP contribution in [-0.2, 0) is 10.2 Å². The van der Waals surface area contributed by atoms with E-state index in [1.807, 2.05) is 0 Å². The second-order valence-electron chi connectivity index (χ2n) is 3.90. The molecule has 0 saturated heterocycles. The molecule has 1 rings (SSSR count). The van der Waals surface area contributed by atoms with Crippen molar-refractivity contribution < 1.29 is 25.5 Å². The minimum atomic E-state index is -4.82. The first-order valence-electron chi connectivity index (χ1n) is 4.69. The zero-order valence-electron chi connectivity index (χ0n) is 7.93. The lowest BCUT2D eigenvalue weighted by Crippen LogP contribution is -2.36. The molecule has 0 spiro atoms. The second-order valence-corrected chi connectivity index (χ2v) is 5.31. The molecule has 0 amide bonds. The maximum atomic E-state index is 12.4. The van der Waals surface area contributed by atoms with Gasteiger partial charge in [-0.3, -0.25) is 0 Å². The zero-order chi connectivity index (χ0) is 11.7. The molecule has 0 aromatic heterocycles. The fraction of sp³-hybridized carbons (Fsp3) is 1.00. The third-order valence-electron chi connectivity index (χ3n) is 2.74. The molecule has 0 aromatic rings. The smallest absolute Gasteiger partial charge is 0.195 e. The first kappa shape index (κ1) is 12.7. The number of alkyl halides is 3. The maximum absolute atomic E-state index is 12.4. The Hall–Kier alpha value is -0.330. The topological polar surface area (TPSA) is 34.1 Å². The van der Waals surface area contributed by atoms with Crippen LogP contribution in [0.4, 0.5) is 17.1 Å². The van der Waals surface area contributed by atoms with Crippen molar-refractivity contribution in [2.45, 2.75) is 31.9 Å². The molecule has 7 heteroatoms. The molecule has 1 aliphatic rings. The summed E-state index contributed by atoms with van der Waals surface area (Å²) in [6, 6.07) is 0. The maximum Gasteiger partial charge on any atom is 0.392 e. The quantitative estimate of drug-likeness (QED) is 0.556. The van der Waals surface area contributed by atoms with Gasteiger partial charge in [-0.1, -0.05) is 12.8 Å². The standard InChI is InChI=1S/C8H12F4O2S/c9-8(10,11)7-4-2-1-3-6(7)5-15(12,13)14/h6-7H,1-5H2/t6-,7+/m0/s1. The normalized spacial score (nSPS) is 29.1. The van der Waals surface area contributed by atoms with Crippen molar-refractivity contribution in [2.24, 2.45) is 11.8 Å². The second kappa shape index (κ2) is 4.27. The van der Waals surface area contributed by atoms with Crippen molar-refractivity contribution in [3.8, 4) is 0 Å². The van der Waals surface area contributed by atoms with Crippen LogP contribution in [0.15, 0.2) is 0 Å². The Bertz CT molecular complexity index is 309. The highest BCUT2D eigenvalue weighted by Crippen LogP contribution is 2.41. The summed E-state index contributed by atoms with van der Waals surface area (Å²) >= 11 is 0. The lowest BCUT2D eigenvalue weighted by Gasteiger charge is -2.31. The molecule has 0 bridgehead atoms. The van der Waals surface area contributed by atoms with E-state index in [9.17, 15) is 25.5 Å². The summed E-state index contributed by atoms with van der Waals surface area (Å²) in [5, 5.41) is 0. The van der Waals surface area contributed by atoms with Crippen molar-refractivity contribution in [1.29, 1.82) is 0 Å². The number of halogens is 4. The van der Waals surface area contributed by atoms with Crippen LogP contribution in [0.2, 0.25) is 0 Å². The van der Waals surface area contributed by atoms with Crippen LogP contribution in [0.1, 0.15) is 25.7 Å². The van der Waals surface area contributed by atoms with Gasteiger partial charge in [-0.2, -0.15) is 21.6 Å². The van der Waals surface area contributed by atoms with E-state index in [-0.39, 0.29) is 12.8 Å². The van der Waals surface area contributed by atoms with Gasteiger partial charge in [0.25, 0.3) is 0 Å². The lowest BCUT2D eigenvalue weighted by atomic mass is 9.80. The molecule has 2 atom stereocenters. The summed E-state index contributed by atoms with van der Waals surface area (Å²) in [6.45, 7) is 0. The molecule has 15 heavy (non-hydrogen) atoms. The van der Waals surface area contributed by atoms with Gasteiger partial charge in [-0.05, 0) is 18.8 Å². The molecule has 0 unspecified atom stereocenters. The molecule has 1 saturated carbocycles. The van der Waals surface area contributed by atoms with Gasteiger partial charge < -0.3 is 0 Å². The van der Waals surface area contributed by atoms with Gasteiger partial charge in [0, 0.05) is 0 Å². The van der Waals surface area contributed by atoms with Crippen LogP contribution >= 0.6 is 0 Å². The highest BCUT2D eigenvalue weighted by Gasteiger charge is 2.46. The SMILES string of the molecule is O=S(=O)(F)C[C@@H]1CCCC[C@H]1C(F)(F)F. The van der Waals surface area contributed by atoms with Gasteiger partial charge in [0.05, 0.1) is 11.7 Å². The highest BCUT2D eigenvalue weighted by molar-refractivity contribution is 7.86. The van der Waals surface area contributed by atoms with Crippen LogP contribution in [0, 0.1) is 11.8 Å². The van der Waals surface area contributed by atoms with E-state index in [0.29, 0.717) is 12.8 Å². The van der Waals surface area contributed by atoms with Crippen molar-refractivity contribution in [3.05, 3.63) is 0 Å². The molecular formula is C8H12F4O2S. The number of rotatable bonds is 2. The van der Waals surface area contributed by atoms with Crippen LogP contribution in [0.25, 0.3) is 0 Å². The molecule has 90 valence electrons. The average molecular weight is 248 g/mol. The van der Waals surface area contributed by atoms with E-state index in [2.05, 4.69) is 0 Å². The highest BCUT2D eigenvalue weighted by atomic mass is 32.3. The summed E-state index contributed by atoms with van der Waals surface area (Å²) in [6.07, 6.45) is -3.42. The van der Waals surface area contributed by atoms with Gasteiger partial charge in [-0.25, -0.2) is 0 Å². The summed E-state index contributed by atoms with van der Waals surface area (Å²) in [5.41, 5.74) is 0. The molecule has 0 aliphatic heterocycles. The van der Waals surface area contributed by atoms with E-state index in [1.54, 1.807) is 0 Å². The third-order valence-corrected chi connectivity index (χ3v) is 3.57. The third kappa shape index (κ3) is 3.96. The Morgan fingerprint density at radius 2 is 1.67 bits per heavy atom. The minimum Gasteiger partial charge on any atom is -0.195 e. The molecule has 0 N–H and O–H groups in total. The molecule has 1 aliphatic carbocycles. The average Bonchev–Trinajstić information content (AvgIpc) is 1.99. The number of hydrogen-bond acceptors (Lipinski definition) is 2. The Labute approximate surface area is 85.9 Å². The summed E-state index contributed by atoms with van der Waals surface area (Å²) in [7, 11) is -4.82. The summed E-state index contributed by atoms with van der Waals surface area (Å²) in [5.74, 6) is -3.79. The molecule has 0 heterocycles. The lowest BCUT2D eigenvalue weighted by molar-refractivity contribution is -0.193. The first-order valence-corrected chi connectivity index (χ1v) is 6.24. The molecular weight excluding hydrogens is 236 g/mol. The Morgan fingerprint density at radius 3 is 2.13 bits per heavy atom. The van der Waals surface area contributed by atoms with Crippen LogP contribution < -0.4 is 0 Å². The van der Waals surface area contributed by atoms with E-state index < -0.39 is 34.0 Å². The Balaban J connectivity index is 2.75. The number of hydrogen-bond donors (Lipinski definition) is 0. The predicted molar refractivity (Wildman–Crippen MR) is 46.4 cm³/mol. The van der Waals surface area contributed by atoms with Gasteiger partial charge in [0.2, 0.25) is 0 Å². The molecule has 0 aromatic carbocycles. The van der Waals surface area contributed by atoms with Crippen molar-refractivity contribution in [3.63, 3.8) is 0 Å². The summed E-state index contributed by atoms with van der Waals surface area (Å²) in [4.78, 5) is 0. The van der Waals surface area contributed by atoms with E-state index in [0.717, 1.165) is 0 Å². The Kier molecular flexibility index (Phi) is 3.63. The minimum absolute atomic E-state index is 0.0936. The van der Waals surface area contributed by atoms with E-state index in [4.69, 9.17) is 0 Å².